The van der Waals surface area contributed by atoms with Crippen LogP contribution in [-0.2, 0) is 6.54 Å². The number of thiophene rings is 1. The molecule has 108 valence electrons. The van der Waals surface area contributed by atoms with Crippen molar-refractivity contribution >= 4 is 33.3 Å². The van der Waals surface area contributed by atoms with Gasteiger partial charge in [0.25, 0.3) is 0 Å². The number of anilines is 2. The minimum Gasteiger partial charge on any atom is -0.364 e. The molecule has 3 aromatic rings. The van der Waals surface area contributed by atoms with E-state index in [-0.39, 0.29) is 0 Å². The Morgan fingerprint density at radius 3 is 2.95 bits per heavy atom. The van der Waals surface area contributed by atoms with E-state index in [1.165, 1.54) is 0 Å². The number of hydrogen-bond donors (Lipinski definition) is 2. The van der Waals surface area contributed by atoms with Crippen molar-refractivity contribution in [3.8, 4) is 0 Å². The summed E-state index contributed by atoms with van der Waals surface area (Å²) in [6.45, 7) is 3.59. The molecule has 0 amide bonds. The third-order valence-corrected chi connectivity index (χ3v) is 3.74. The van der Waals surface area contributed by atoms with Gasteiger partial charge in [-0.3, -0.25) is 0 Å². The standard InChI is InChI=1S/C14H16N6S/c1-2-5-16-14-19-12(11-4-7-21-13(11)20-14)17-8-10-3-6-15-9-18-10/h3-4,6-7,9H,2,5,8H2,1H3,(H2,16,17,19,20). The SMILES string of the molecule is CCCNc1nc(NCc2ccncn2)c2ccsc2n1. The van der Waals surface area contributed by atoms with Gasteiger partial charge in [0.15, 0.2) is 0 Å². The molecule has 6 nitrogen and oxygen atoms in total. The van der Waals surface area contributed by atoms with Crippen molar-refractivity contribution in [3.05, 3.63) is 35.7 Å². The van der Waals surface area contributed by atoms with Crippen molar-refractivity contribution in [2.24, 2.45) is 0 Å². The highest BCUT2D eigenvalue weighted by Crippen LogP contribution is 2.26. The Balaban J connectivity index is 1.83. The molecule has 3 heterocycles. The second-order valence-electron chi connectivity index (χ2n) is 4.52. The molecule has 0 saturated heterocycles. The molecule has 0 aliphatic rings. The smallest absolute Gasteiger partial charge is 0.226 e. The van der Waals surface area contributed by atoms with E-state index in [2.05, 4.69) is 37.5 Å². The first-order chi connectivity index (χ1) is 10.4. The molecule has 0 bridgehead atoms. The van der Waals surface area contributed by atoms with E-state index in [1.54, 1.807) is 23.9 Å². The summed E-state index contributed by atoms with van der Waals surface area (Å²) in [5.74, 6) is 1.50. The summed E-state index contributed by atoms with van der Waals surface area (Å²) < 4.78 is 0. The van der Waals surface area contributed by atoms with Crippen molar-refractivity contribution in [2.45, 2.75) is 19.9 Å². The van der Waals surface area contributed by atoms with E-state index in [0.29, 0.717) is 12.5 Å². The average Bonchev–Trinajstić information content (AvgIpc) is 3.00. The number of nitrogens with zero attached hydrogens (tertiary/aromatic N) is 4. The van der Waals surface area contributed by atoms with Crippen molar-refractivity contribution < 1.29 is 0 Å². The van der Waals surface area contributed by atoms with E-state index in [9.17, 15) is 0 Å². The van der Waals surface area contributed by atoms with Crippen LogP contribution in [-0.4, -0.2) is 26.5 Å². The first-order valence-corrected chi connectivity index (χ1v) is 7.72. The Morgan fingerprint density at radius 1 is 1.19 bits per heavy atom. The van der Waals surface area contributed by atoms with Gasteiger partial charge in [0.1, 0.15) is 17.0 Å². The number of aromatic nitrogens is 4. The third kappa shape index (κ3) is 3.25. The fourth-order valence-electron chi connectivity index (χ4n) is 1.90. The second kappa shape index (κ2) is 6.45. The van der Waals surface area contributed by atoms with Gasteiger partial charge in [0.2, 0.25) is 5.95 Å². The monoisotopic (exact) mass is 300 g/mol. The zero-order chi connectivity index (χ0) is 14.5. The Hall–Kier alpha value is -2.28. The van der Waals surface area contributed by atoms with Crippen LogP contribution in [0.3, 0.4) is 0 Å². The van der Waals surface area contributed by atoms with Crippen LogP contribution in [0.5, 0.6) is 0 Å². The van der Waals surface area contributed by atoms with Crippen LogP contribution in [0, 0.1) is 0 Å². The van der Waals surface area contributed by atoms with Gasteiger partial charge >= 0.3 is 0 Å². The van der Waals surface area contributed by atoms with Crippen LogP contribution in [0.1, 0.15) is 19.0 Å². The lowest BCUT2D eigenvalue weighted by Gasteiger charge is -2.09. The Labute approximate surface area is 126 Å². The molecule has 0 spiro atoms. The molecule has 7 heteroatoms. The Morgan fingerprint density at radius 2 is 2.14 bits per heavy atom. The maximum atomic E-state index is 4.56. The van der Waals surface area contributed by atoms with E-state index < -0.39 is 0 Å². The summed E-state index contributed by atoms with van der Waals surface area (Å²) >= 11 is 1.61. The Kier molecular flexibility index (Phi) is 4.20. The van der Waals surface area contributed by atoms with Gasteiger partial charge in [-0.25, -0.2) is 15.0 Å². The third-order valence-electron chi connectivity index (χ3n) is 2.94. The van der Waals surface area contributed by atoms with Crippen molar-refractivity contribution in [3.63, 3.8) is 0 Å². The molecule has 0 aromatic carbocycles. The normalized spacial score (nSPS) is 10.7. The predicted octanol–water partition coefficient (Wildman–Crippen LogP) is 2.92. The maximum absolute atomic E-state index is 4.56. The van der Waals surface area contributed by atoms with E-state index in [0.717, 1.165) is 34.7 Å². The summed E-state index contributed by atoms with van der Waals surface area (Å²) in [5.41, 5.74) is 0.926. The number of fused-ring (bicyclic) bond motifs is 1. The summed E-state index contributed by atoms with van der Waals surface area (Å²) in [6, 6.07) is 3.92. The van der Waals surface area contributed by atoms with Gasteiger partial charge in [-0.1, -0.05) is 6.92 Å². The van der Waals surface area contributed by atoms with Gasteiger partial charge in [0.05, 0.1) is 17.6 Å². The molecule has 0 aliphatic heterocycles. The molecule has 0 saturated carbocycles. The molecular weight excluding hydrogens is 284 g/mol. The van der Waals surface area contributed by atoms with E-state index in [4.69, 9.17) is 0 Å². The minimum atomic E-state index is 0.609. The van der Waals surface area contributed by atoms with Crippen LogP contribution in [0.15, 0.2) is 30.0 Å². The molecule has 21 heavy (non-hydrogen) atoms. The number of hydrogen-bond acceptors (Lipinski definition) is 7. The molecule has 0 fully saturated rings. The fourth-order valence-corrected chi connectivity index (χ4v) is 2.67. The maximum Gasteiger partial charge on any atom is 0.226 e. The molecule has 0 unspecified atom stereocenters. The van der Waals surface area contributed by atoms with Crippen LogP contribution >= 0.6 is 11.3 Å². The number of rotatable bonds is 6. The lowest BCUT2D eigenvalue weighted by atomic mass is 10.3. The van der Waals surface area contributed by atoms with E-state index in [1.807, 2.05) is 17.5 Å². The lowest BCUT2D eigenvalue weighted by Crippen LogP contribution is -2.08. The summed E-state index contributed by atoms with van der Waals surface area (Å²) in [6.07, 6.45) is 4.32. The van der Waals surface area contributed by atoms with Crippen molar-refractivity contribution in [1.82, 2.24) is 19.9 Å². The highest BCUT2D eigenvalue weighted by Gasteiger charge is 2.08. The molecule has 3 aromatic heterocycles. The largest absolute Gasteiger partial charge is 0.364 e. The van der Waals surface area contributed by atoms with Crippen LogP contribution < -0.4 is 10.6 Å². The second-order valence-corrected chi connectivity index (χ2v) is 5.41. The molecule has 0 radical (unpaired) electrons. The van der Waals surface area contributed by atoms with Gasteiger partial charge in [-0.05, 0) is 23.9 Å². The summed E-state index contributed by atoms with van der Waals surface area (Å²) in [4.78, 5) is 18.2. The molecule has 3 rings (SSSR count). The van der Waals surface area contributed by atoms with Gasteiger partial charge in [-0.2, -0.15) is 4.98 Å². The average molecular weight is 300 g/mol. The van der Waals surface area contributed by atoms with E-state index >= 15 is 0 Å². The topological polar surface area (TPSA) is 75.6 Å². The Bertz CT molecular complexity index is 712. The fraction of sp³-hybridized carbons (Fsp3) is 0.286. The molecule has 2 N–H and O–H groups in total. The minimum absolute atomic E-state index is 0.609. The predicted molar refractivity (Wildman–Crippen MR) is 85.6 cm³/mol. The van der Waals surface area contributed by atoms with Gasteiger partial charge in [-0.15, -0.1) is 11.3 Å². The highest BCUT2D eigenvalue weighted by atomic mass is 32.1. The molecule has 0 atom stereocenters. The first kappa shape index (κ1) is 13.7. The van der Waals surface area contributed by atoms with Crippen LogP contribution in [0.2, 0.25) is 0 Å². The quantitative estimate of drug-likeness (QED) is 0.729. The molecular formula is C14H16N6S. The van der Waals surface area contributed by atoms with Crippen molar-refractivity contribution in [2.75, 3.05) is 17.2 Å². The van der Waals surface area contributed by atoms with Gasteiger partial charge < -0.3 is 10.6 Å². The highest BCUT2D eigenvalue weighted by molar-refractivity contribution is 7.16. The zero-order valence-electron chi connectivity index (χ0n) is 11.7. The zero-order valence-corrected chi connectivity index (χ0v) is 12.5. The molecule has 0 aliphatic carbocycles. The summed E-state index contributed by atoms with van der Waals surface area (Å²) in [5, 5.41) is 9.63. The summed E-state index contributed by atoms with van der Waals surface area (Å²) in [7, 11) is 0. The van der Waals surface area contributed by atoms with Gasteiger partial charge in [0, 0.05) is 12.7 Å². The first-order valence-electron chi connectivity index (χ1n) is 6.84. The van der Waals surface area contributed by atoms with Crippen molar-refractivity contribution in [1.29, 1.82) is 0 Å². The van der Waals surface area contributed by atoms with Crippen LogP contribution in [0.4, 0.5) is 11.8 Å². The van der Waals surface area contributed by atoms with Crippen LogP contribution in [0.25, 0.3) is 10.2 Å². The lowest BCUT2D eigenvalue weighted by molar-refractivity contribution is 0.953. The number of nitrogens with one attached hydrogen (secondary N) is 2.